The number of aliphatic hydroxyl groups is 1. The Morgan fingerprint density at radius 2 is 2.00 bits per heavy atom. The third kappa shape index (κ3) is 2.44. The summed E-state index contributed by atoms with van der Waals surface area (Å²) in [6, 6.07) is 0. The van der Waals surface area contributed by atoms with Crippen molar-refractivity contribution in [3.63, 3.8) is 0 Å². The van der Waals surface area contributed by atoms with Crippen LogP contribution >= 0.6 is 15.9 Å². The molecule has 0 spiro atoms. The number of alkyl halides is 1. The molecule has 0 atom stereocenters. The zero-order valence-corrected chi connectivity index (χ0v) is 3.83. The predicted octanol–water partition coefficient (Wildman–Crippen LogP) is 0.374. The lowest BCUT2D eigenvalue weighted by Gasteiger charge is -1.67. The summed E-state index contributed by atoms with van der Waals surface area (Å²) in [5.41, 5.74) is 0. The minimum atomic E-state index is 0.236. The highest BCUT2D eigenvalue weighted by molar-refractivity contribution is 9.09. The molecule has 0 unspecified atom stereocenters. The second kappa shape index (κ2) is 3.44. The standard InChI is InChI=1S/C2H5BrO/c3-1-2-4/h4H,1-2H2/i1+1,2+1. The Labute approximate surface area is 33.8 Å². The van der Waals surface area contributed by atoms with Crippen LogP contribution in [0.5, 0.6) is 0 Å². The molecule has 0 saturated carbocycles. The first-order chi connectivity index (χ1) is 1.91. The van der Waals surface area contributed by atoms with Crippen LogP contribution in [0.2, 0.25) is 0 Å². The first-order valence-corrected chi connectivity index (χ1v) is 2.20. The van der Waals surface area contributed by atoms with E-state index in [0.29, 0.717) is 5.33 Å². The number of hydrogen-bond acceptors (Lipinski definition) is 1. The van der Waals surface area contributed by atoms with E-state index < -0.39 is 0 Å². The van der Waals surface area contributed by atoms with Crippen LogP contribution < -0.4 is 0 Å². The molecule has 2 heteroatoms. The van der Waals surface area contributed by atoms with E-state index in [4.69, 9.17) is 5.11 Å². The monoisotopic (exact) mass is 126 g/mol. The maximum Gasteiger partial charge on any atom is 0.0528 e. The van der Waals surface area contributed by atoms with Crippen molar-refractivity contribution in [3.05, 3.63) is 0 Å². The van der Waals surface area contributed by atoms with Crippen molar-refractivity contribution in [2.24, 2.45) is 0 Å². The molecule has 0 fully saturated rings. The summed E-state index contributed by atoms with van der Waals surface area (Å²) in [5.74, 6) is 0. The van der Waals surface area contributed by atoms with E-state index in [-0.39, 0.29) is 6.61 Å². The summed E-state index contributed by atoms with van der Waals surface area (Å²) < 4.78 is 0. The normalized spacial score (nSPS) is 7.50. The molecule has 0 saturated heterocycles. The van der Waals surface area contributed by atoms with Crippen molar-refractivity contribution >= 4 is 15.9 Å². The van der Waals surface area contributed by atoms with Gasteiger partial charge in [-0.1, -0.05) is 15.9 Å². The largest absolute Gasteiger partial charge is 0.396 e. The summed E-state index contributed by atoms with van der Waals surface area (Å²) in [5, 5.41) is 8.52. The molecular weight excluding hydrogens is 122 g/mol. The van der Waals surface area contributed by atoms with Gasteiger partial charge in [-0.05, 0) is 0 Å². The molecule has 1 N–H and O–H groups in total. The minimum Gasteiger partial charge on any atom is -0.396 e. The molecule has 0 rings (SSSR count). The second-order valence-corrected chi connectivity index (χ2v) is 1.21. The maximum atomic E-state index is 7.83. The number of rotatable bonds is 1. The first-order valence-electron chi connectivity index (χ1n) is 1.08. The van der Waals surface area contributed by atoms with Gasteiger partial charge in [-0.25, -0.2) is 0 Å². The molecule has 0 bridgehead atoms. The molecule has 0 aliphatic heterocycles. The third-order valence-electron chi connectivity index (χ3n) is 0.0845. The van der Waals surface area contributed by atoms with Crippen molar-refractivity contribution in [1.29, 1.82) is 0 Å². The molecule has 0 heterocycles. The molecule has 0 aliphatic carbocycles. The highest BCUT2D eigenvalue weighted by atomic mass is 79.9. The molecule has 0 amide bonds. The Hall–Kier alpha value is 0.440. The Morgan fingerprint density at radius 3 is 2.00 bits per heavy atom. The van der Waals surface area contributed by atoms with Crippen LogP contribution in [-0.2, 0) is 0 Å². The number of hydrogen-bond donors (Lipinski definition) is 1. The summed E-state index contributed by atoms with van der Waals surface area (Å²) in [6.45, 7) is 0.236. The number of halogens is 1. The lowest BCUT2D eigenvalue weighted by Crippen LogP contribution is -1.75. The van der Waals surface area contributed by atoms with E-state index in [1.807, 2.05) is 0 Å². The zero-order chi connectivity index (χ0) is 3.41. The molecule has 0 radical (unpaired) electrons. The summed E-state index contributed by atoms with van der Waals surface area (Å²) in [6.07, 6.45) is 0. The second-order valence-electron chi connectivity index (χ2n) is 0.413. The molecule has 0 aliphatic rings. The van der Waals surface area contributed by atoms with Gasteiger partial charge in [0.2, 0.25) is 0 Å². The van der Waals surface area contributed by atoms with Gasteiger partial charge in [0.05, 0.1) is 6.61 Å². The molecule has 0 aromatic carbocycles. The van der Waals surface area contributed by atoms with Crippen LogP contribution in [0.3, 0.4) is 0 Å². The van der Waals surface area contributed by atoms with Gasteiger partial charge in [0.15, 0.2) is 0 Å². The fourth-order valence-electron chi connectivity index (χ4n) is 0. The lowest BCUT2D eigenvalue weighted by molar-refractivity contribution is 0.324. The van der Waals surface area contributed by atoms with Gasteiger partial charge in [0.1, 0.15) is 0 Å². The fraction of sp³-hybridized carbons (Fsp3) is 1.00. The molecule has 0 aromatic rings. The van der Waals surface area contributed by atoms with E-state index in [1.54, 1.807) is 0 Å². The van der Waals surface area contributed by atoms with Crippen molar-refractivity contribution in [1.82, 2.24) is 0 Å². The van der Waals surface area contributed by atoms with E-state index in [2.05, 4.69) is 15.9 Å². The van der Waals surface area contributed by atoms with Gasteiger partial charge in [0.25, 0.3) is 0 Å². The Morgan fingerprint density at radius 1 is 1.75 bits per heavy atom. The highest BCUT2D eigenvalue weighted by Gasteiger charge is 1.59. The molecule has 1 nitrogen and oxygen atoms in total. The SMILES string of the molecule is O[13CH2][13CH2]Br. The maximum absolute atomic E-state index is 7.83. The van der Waals surface area contributed by atoms with Crippen LogP contribution in [0.1, 0.15) is 0 Å². The van der Waals surface area contributed by atoms with Crippen LogP contribution in [0.15, 0.2) is 0 Å². The van der Waals surface area contributed by atoms with Crippen molar-refractivity contribution in [2.45, 2.75) is 0 Å². The quantitative estimate of drug-likeness (QED) is 0.398. The fourth-order valence-corrected chi connectivity index (χ4v) is 0. The van der Waals surface area contributed by atoms with E-state index in [0.717, 1.165) is 0 Å². The minimum absolute atomic E-state index is 0.236. The topological polar surface area (TPSA) is 20.2 Å². The Kier molecular flexibility index (Phi) is 3.82. The number of aliphatic hydroxyl groups excluding tert-OH is 1. The smallest absolute Gasteiger partial charge is 0.0528 e. The van der Waals surface area contributed by atoms with E-state index >= 15 is 0 Å². The molecular formula is C2H5BrO. The van der Waals surface area contributed by atoms with Gasteiger partial charge in [-0.2, -0.15) is 0 Å². The van der Waals surface area contributed by atoms with Gasteiger partial charge in [0, 0.05) is 5.33 Å². The van der Waals surface area contributed by atoms with Gasteiger partial charge >= 0.3 is 0 Å². The van der Waals surface area contributed by atoms with Gasteiger partial charge in [-0.15, -0.1) is 0 Å². The van der Waals surface area contributed by atoms with Gasteiger partial charge < -0.3 is 5.11 Å². The lowest BCUT2D eigenvalue weighted by atomic mass is 11.9. The third-order valence-corrected chi connectivity index (χ3v) is 0.439. The van der Waals surface area contributed by atoms with Crippen molar-refractivity contribution in [2.75, 3.05) is 11.9 Å². The van der Waals surface area contributed by atoms with Crippen molar-refractivity contribution < 1.29 is 5.11 Å². The van der Waals surface area contributed by atoms with Crippen molar-refractivity contribution in [3.8, 4) is 0 Å². The Balaban J connectivity index is 1.97. The first kappa shape index (κ1) is 4.44. The van der Waals surface area contributed by atoms with Crippen LogP contribution in [-0.4, -0.2) is 17.0 Å². The average Bonchev–Trinajstić information content (AvgIpc) is 1.37. The van der Waals surface area contributed by atoms with E-state index in [1.165, 1.54) is 0 Å². The molecule has 0 aromatic heterocycles. The Bertz CT molecular complexity index is 8.00. The average molecular weight is 127 g/mol. The van der Waals surface area contributed by atoms with Crippen LogP contribution in [0.25, 0.3) is 0 Å². The van der Waals surface area contributed by atoms with Crippen LogP contribution in [0, 0.1) is 0 Å². The summed E-state index contributed by atoms with van der Waals surface area (Å²) in [4.78, 5) is 0. The summed E-state index contributed by atoms with van der Waals surface area (Å²) >= 11 is 3.00. The highest BCUT2D eigenvalue weighted by Crippen LogP contribution is 1.69. The van der Waals surface area contributed by atoms with E-state index in [9.17, 15) is 0 Å². The molecule has 26 valence electrons. The summed E-state index contributed by atoms with van der Waals surface area (Å²) in [7, 11) is 0. The molecule has 4 heavy (non-hydrogen) atoms. The predicted molar refractivity (Wildman–Crippen MR) is 20.9 cm³/mol. The van der Waals surface area contributed by atoms with Gasteiger partial charge in [-0.3, -0.25) is 0 Å². The zero-order valence-electron chi connectivity index (χ0n) is 2.24. The van der Waals surface area contributed by atoms with Crippen LogP contribution in [0.4, 0.5) is 0 Å².